The van der Waals surface area contributed by atoms with Crippen LogP contribution in [0.4, 0.5) is 5.82 Å². The van der Waals surface area contributed by atoms with Gasteiger partial charge in [0, 0.05) is 81.4 Å². The van der Waals surface area contributed by atoms with Gasteiger partial charge in [-0.05, 0) is 89.6 Å². The Bertz CT molecular complexity index is 2800. The minimum absolute atomic E-state index is 0.0206. The van der Waals surface area contributed by atoms with Crippen LogP contribution in [-0.4, -0.2) is 96.1 Å². The second kappa shape index (κ2) is 18.7. The molecular formula is C47H56N10O8. The molecular weight excluding hydrogens is 833 g/mol. The Kier molecular flexibility index (Phi) is 13.3. The molecule has 4 aromatic rings. The van der Waals surface area contributed by atoms with Crippen molar-refractivity contribution in [2.45, 2.75) is 129 Å². The number of carbonyl (C=O) groups excluding carboxylic acids is 5. The SMILES string of the molecule is CC[C@@H]1c2cc3[nH]c4c(c3C)C(=O)[C@H](C(=O)OC)c4c3nc(cc4[nH]c(cc(n2)[C@H]1C)c(C(C)=O)c4C)[C@H](C)[C@H]3CCC(=O)NCCCC(NC(=O)c1[nH]cnc1N=NC(C)C)C(=O)O. The van der Waals surface area contributed by atoms with Crippen LogP contribution < -0.4 is 10.6 Å². The number of azo groups is 1. The molecule has 1 aliphatic carbocycles. The largest absolute Gasteiger partial charge is 0.480 e. The van der Waals surface area contributed by atoms with Gasteiger partial charge in [0.1, 0.15) is 12.0 Å². The summed E-state index contributed by atoms with van der Waals surface area (Å²) in [5.41, 5.74) is 8.03. The highest BCUT2D eigenvalue weighted by Crippen LogP contribution is 2.48. The number of esters is 1. The predicted molar refractivity (Wildman–Crippen MR) is 241 cm³/mol. The normalized spacial score (nSPS) is 19.5. The van der Waals surface area contributed by atoms with Crippen molar-refractivity contribution in [3.05, 3.63) is 80.8 Å². The zero-order chi connectivity index (χ0) is 47.0. The molecule has 0 saturated heterocycles. The molecule has 0 fully saturated rings. The first kappa shape index (κ1) is 46.2. The number of amides is 2. The van der Waals surface area contributed by atoms with E-state index in [0.717, 1.165) is 23.4 Å². The third-order valence-corrected chi connectivity index (χ3v) is 12.9. The number of aryl methyl sites for hydroxylation is 2. The molecule has 3 aliphatic rings. The highest BCUT2D eigenvalue weighted by Gasteiger charge is 2.45. The average Bonchev–Trinajstić information content (AvgIpc) is 4.09. The van der Waals surface area contributed by atoms with Gasteiger partial charge >= 0.3 is 11.9 Å². The molecule has 6 heterocycles. The number of carbonyl (C=O) groups is 6. The summed E-state index contributed by atoms with van der Waals surface area (Å²) in [6.45, 7) is 15.2. The number of carboxylic acid groups (broad SMARTS) is 1. The van der Waals surface area contributed by atoms with E-state index in [4.69, 9.17) is 14.7 Å². The molecule has 65 heavy (non-hydrogen) atoms. The Balaban J connectivity index is 1.21. The third kappa shape index (κ3) is 8.85. The van der Waals surface area contributed by atoms with Crippen LogP contribution in [0.25, 0.3) is 22.1 Å². The zero-order valence-corrected chi connectivity index (χ0v) is 38.1. The Morgan fingerprint density at radius 3 is 2.29 bits per heavy atom. The molecule has 18 nitrogen and oxygen atoms in total. The number of ether oxygens (including phenoxy) is 1. The van der Waals surface area contributed by atoms with E-state index in [2.05, 4.69) is 54.6 Å². The molecule has 0 spiro atoms. The Labute approximate surface area is 375 Å². The minimum Gasteiger partial charge on any atom is -0.480 e. The summed E-state index contributed by atoms with van der Waals surface area (Å²) in [6.07, 6.45) is 2.66. The number of carboxylic acids is 1. The molecule has 2 amide bonds. The van der Waals surface area contributed by atoms with E-state index in [9.17, 15) is 33.9 Å². The first-order chi connectivity index (χ1) is 30.9. The quantitative estimate of drug-likeness (QED) is 0.0223. The summed E-state index contributed by atoms with van der Waals surface area (Å²) in [4.78, 5) is 104. The third-order valence-electron chi connectivity index (χ3n) is 12.9. The van der Waals surface area contributed by atoms with Gasteiger partial charge in [0.05, 0.1) is 36.2 Å². The molecule has 0 saturated carbocycles. The highest BCUT2D eigenvalue weighted by molar-refractivity contribution is 6.23. The van der Waals surface area contributed by atoms with Crippen LogP contribution in [0.15, 0.2) is 34.8 Å². The van der Waals surface area contributed by atoms with Gasteiger partial charge in [0.2, 0.25) is 11.7 Å². The van der Waals surface area contributed by atoms with Gasteiger partial charge in [-0.1, -0.05) is 20.8 Å². The fraction of sp³-hybridized carbons (Fsp3) is 0.468. The summed E-state index contributed by atoms with van der Waals surface area (Å²) in [5.74, 6) is -5.34. The number of nitrogens with zero attached hydrogens (tertiary/aromatic N) is 5. The Morgan fingerprint density at radius 2 is 1.62 bits per heavy atom. The number of hydrogen-bond acceptors (Lipinski definition) is 12. The molecule has 18 heteroatoms. The molecule has 2 aliphatic heterocycles. The molecule has 1 unspecified atom stereocenters. The Hall–Kier alpha value is -6.85. The maximum atomic E-state index is 14.4. The van der Waals surface area contributed by atoms with Crippen molar-refractivity contribution in [2.24, 2.45) is 10.2 Å². The summed E-state index contributed by atoms with van der Waals surface area (Å²) in [6, 6.07) is 4.43. The number of hydrogen-bond donors (Lipinski definition) is 6. The van der Waals surface area contributed by atoms with Crippen molar-refractivity contribution < 1.29 is 38.6 Å². The van der Waals surface area contributed by atoms with E-state index in [1.54, 1.807) is 0 Å². The van der Waals surface area contributed by atoms with E-state index < -0.39 is 41.5 Å². The van der Waals surface area contributed by atoms with Crippen LogP contribution in [0.2, 0.25) is 0 Å². The van der Waals surface area contributed by atoms with Crippen LogP contribution in [0.1, 0.15) is 174 Å². The van der Waals surface area contributed by atoms with Gasteiger partial charge in [0.25, 0.3) is 5.91 Å². The van der Waals surface area contributed by atoms with Crippen LogP contribution >= 0.6 is 0 Å². The lowest BCUT2D eigenvalue weighted by atomic mass is 9.84. The Morgan fingerprint density at radius 1 is 0.938 bits per heavy atom. The van der Waals surface area contributed by atoms with Crippen molar-refractivity contribution >= 4 is 63.2 Å². The fourth-order valence-corrected chi connectivity index (χ4v) is 9.43. The fourth-order valence-electron chi connectivity index (χ4n) is 9.43. The zero-order valence-electron chi connectivity index (χ0n) is 38.1. The number of fused-ring (bicyclic) bond motifs is 8. The maximum Gasteiger partial charge on any atom is 0.326 e. The first-order valence-electron chi connectivity index (χ1n) is 22.1. The molecule has 342 valence electrons. The van der Waals surface area contributed by atoms with Gasteiger partial charge in [0.15, 0.2) is 17.3 Å². The van der Waals surface area contributed by atoms with Gasteiger partial charge < -0.3 is 35.4 Å². The summed E-state index contributed by atoms with van der Waals surface area (Å²) in [7, 11) is 1.24. The molecule has 0 aromatic carbocycles. The standard InChI is InChI=1S/C47H56N10O8/c1-10-26-21(4)29-18-34-36(25(8)58)23(6)31(52-34)16-30-22(5)27(40(53-30)38-39(47(64)65-9)43(60)37-24(7)32(54-41(37)38)17-33(26)51-29)13-14-35(59)48-15-11-12-28(46(62)63)55-45(61)42-44(50-19-49-42)57-56-20(2)3/h16-22,26-28,39,52,54H,10-15H2,1-9H3,(H,48,59)(H,49,50)(H,55,61)(H,62,63)/t21-,22+,26-,27+,28?,39+/m0/s1. The van der Waals surface area contributed by atoms with E-state index in [-0.39, 0.29) is 79.2 Å². The molecule has 6 N–H and O–H groups in total. The van der Waals surface area contributed by atoms with Crippen molar-refractivity contribution in [3.8, 4) is 0 Å². The van der Waals surface area contributed by atoms with E-state index in [1.165, 1.54) is 20.4 Å². The first-order valence-corrected chi connectivity index (χ1v) is 22.1. The molecule has 6 atom stereocenters. The summed E-state index contributed by atoms with van der Waals surface area (Å²) in [5, 5.41) is 23.2. The van der Waals surface area contributed by atoms with Crippen molar-refractivity contribution in [3.63, 3.8) is 0 Å². The number of nitrogens with one attached hydrogen (secondary N) is 5. The number of imidazole rings is 1. The van der Waals surface area contributed by atoms with Crippen molar-refractivity contribution in [2.75, 3.05) is 13.7 Å². The lowest BCUT2D eigenvalue weighted by Crippen LogP contribution is -2.41. The van der Waals surface area contributed by atoms with Gasteiger partial charge in [-0.2, -0.15) is 5.11 Å². The van der Waals surface area contributed by atoms with Gasteiger partial charge in [-0.3, -0.25) is 33.9 Å². The number of Topliss-reactive ketones (excluding diaryl/α,β-unsaturated/α-hetero) is 2. The highest BCUT2D eigenvalue weighted by atomic mass is 16.5. The second-order valence-electron chi connectivity index (χ2n) is 17.5. The number of aromatic amines is 3. The van der Waals surface area contributed by atoms with Gasteiger partial charge in [-0.15, -0.1) is 5.11 Å². The van der Waals surface area contributed by atoms with E-state index >= 15 is 0 Å². The molecule has 0 radical (unpaired) electrons. The van der Waals surface area contributed by atoms with Crippen molar-refractivity contribution in [1.29, 1.82) is 0 Å². The smallest absolute Gasteiger partial charge is 0.326 e. The van der Waals surface area contributed by atoms with E-state index in [0.29, 0.717) is 55.7 Å². The average molecular weight is 889 g/mol. The minimum atomic E-state index is -1.29. The number of aliphatic carboxylic acids is 1. The molecule has 7 rings (SSSR count). The second-order valence-corrected chi connectivity index (χ2v) is 17.5. The predicted octanol–water partition coefficient (Wildman–Crippen LogP) is 7.55. The molecule has 8 bridgehead atoms. The lowest BCUT2D eigenvalue weighted by Gasteiger charge is -2.19. The monoisotopic (exact) mass is 888 g/mol. The van der Waals surface area contributed by atoms with Crippen LogP contribution in [0.5, 0.6) is 0 Å². The number of ketones is 2. The van der Waals surface area contributed by atoms with Crippen LogP contribution in [-0.2, 0) is 19.1 Å². The number of H-pyrrole nitrogens is 3. The topological polar surface area (TPSA) is 267 Å². The van der Waals surface area contributed by atoms with Crippen molar-refractivity contribution in [1.82, 2.24) is 40.5 Å². The summed E-state index contributed by atoms with van der Waals surface area (Å²) < 4.78 is 5.23. The van der Waals surface area contributed by atoms with Crippen LogP contribution in [0.3, 0.4) is 0 Å². The number of aromatic nitrogens is 6. The number of methoxy groups -OCH3 is 1. The van der Waals surface area contributed by atoms with Crippen LogP contribution in [0, 0.1) is 13.8 Å². The lowest BCUT2D eigenvalue weighted by molar-refractivity contribution is -0.141. The van der Waals surface area contributed by atoms with E-state index in [1.807, 2.05) is 52.8 Å². The van der Waals surface area contributed by atoms with Gasteiger partial charge in [-0.25, -0.2) is 9.78 Å². The number of rotatable bonds is 15. The molecule has 4 aromatic heterocycles. The maximum absolute atomic E-state index is 14.4. The summed E-state index contributed by atoms with van der Waals surface area (Å²) >= 11 is 0.